The number of carbonyl (C=O) groups excluding carboxylic acids is 3. The van der Waals surface area contributed by atoms with Gasteiger partial charge in [0.05, 0.1) is 26.4 Å². The Morgan fingerprint density at radius 3 is 2.03 bits per heavy atom. The summed E-state index contributed by atoms with van der Waals surface area (Å²) in [7, 11) is 1.58. The number of rotatable bonds is 8. The number of carbonyl (C=O) groups is 3. The van der Waals surface area contributed by atoms with Gasteiger partial charge >= 0.3 is 11.9 Å². The van der Waals surface area contributed by atoms with Gasteiger partial charge in [-0.1, -0.05) is 30.3 Å². The molecule has 1 amide bonds. The number of ether oxygens (including phenoxy) is 3. The lowest BCUT2D eigenvalue weighted by molar-refractivity contribution is -0.146. The van der Waals surface area contributed by atoms with Crippen molar-refractivity contribution in [2.45, 2.75) is 26.8 Å². The van der Waals surface area contributed by atoms with E-state index >= 15 is 0 Å². The molecular formula is C26H27NO6. The van der Waals surface area contributed by atoms with Gasteiger partial charge in [-0.25, -0.2) is 9.59 Å². The first kappa shape index (κ1) is 23.8. The second-order valence-corrected chi connectivity index (χ2v) is 7.28. The number of nitrogens with zero attached hydrogens (tertiary/aromatic N) is 1. The van der Waals surface area contributed by atoms with Crippen LogP contribution in [0.5, 0.6) is 5.75 Å². The van der Waals surface area contributed by atoms with E-state index < -0.39 is 11.9 Å². The Morgan fingerprint density at radius 2 is 1.52 bits per heavy atom. The summed E-state index contributed by atoms with van der Waals surface area (Å²) in [6.07, 6.45) is 1.38. The first-order valence-corrected chi connectivity index (χ1v) is 10.7. The lowest BCUT2D eigenvalue weighted by Crippen LogP contribution is -2.50. The minimum absolute atomic E-state index is 0.113. The average Bonchev–Trinajstić information content (AvgIpc) is 2.82. The topological polar surface area (TPSA) is 82.1 Å². The summed E-state index contributed by atoms with van der Waals surface area (Å²) < 4.78 is 15.3. The van der Waals surface area contributed by atoms with Crippen molar-refractivity contribution in [3.05, 3.63) is 83.0 Å². The van der Waals surface area contributed by atoms with Crippen LogP contribution in [-0.4, -0.2) is 38.2 Å². The molecule has 0 aromatic heterocycles. The van der Waals surface area contributed by atoms with Gasteiger partial charge in [-0.05, 0) is 62.2 Å². The predicted molar refractivity (Wildman–Crippen MR) is 124 cm³/mol. The largest absolute Gasteiger partial charge is 0.497 e. The fourth-order valence-corrected chi connectivity index (χ4v) is 3.68. The third-order valence-electron chi connectivity index (χ3n) is 5.22. The van der Waals surface area contributed by atoms with Crippen molar-refractivity contribution >= 4 is 23.5 Å². The van der Waals surface area contributed by atoms with Crippen LogP contribution in [-0.2, 0) is 23.9 Å². The van der Waals surface area contributed by atoms with Crippen LogP contribution in [0.15, 0.2) is 77.4 Å². The Hall–Kier alpha value is -3.87. The van der Waals surface area contributed by atoms with E-state index in [2.05, 4.69) is 0 Å². The Balaban J connectivity index is 2.08. The molecule has 2 aromatic carbocycles. The van der Waals surface area contributed by atoms with Crippen molar-refractivity contribution in [3.63, 3.8) is 0 Å². The molecule has 2 aromatic rings. The van der Waals surface area contributed by atoms with Gasteiger partial charge in [0.2, 0.25) is 0 Å². The number of allylic oxidation sites excluding steroid dienone is 2. The number of β-lactam (4-membered cyclic amide) rings is 1. The van der Waals surface area contributed by atoms with Gasteiger partial charge in [0, 0.05) is 11.3 Å². The maximum Gasteiger partial charge on any atom is 0.345 e. The summed E-state index contributed by atoms with van der Waals surface area (Å²) in [5, 5.41) is 0. The molecule has 1 atom stereocenters. The van der Waals surface area contributed by atoms with E-state index in [1.54, 1.807) is 44.9 Å². The van der Waals surface area contributed by atoms with Crippen molar-refractivity contribution in [2.75, 3.05) is 25.2 Å². The second kappa shape index (κ2) is 10.6. The van der Waals surface area contributed by atoms with Gasteiger partial charge in [-0.3, -0.25) is 9.69 Å². The average molecular weight is 450 g/mol. The Labute approximate surface area is 193 Å². The van der Waals surface area contributed by atoms with E-state index in [0.29, 0.717) is 22.6 Å². The second-order valence-electron chi connectivity index (χ2n) is 7.28. The summed E-state index contributed by atoms with van der Waals surface area (Å²) >= 11 is 0. The van der Waals surface area contributed by atoms with Gasteiger partial charge < -0.3 is 14.2 Å². The van der Waals surface area contributed by atoms with E-state index in [1.165, 1.54) is 6.08 Å². The normalized spacial score (nSPS) is 16.4. The van der Waals surface area contributed by atoms with Crippen LogP contribution >= 0.6 is 0 Å². The molecule has 0 saturated carbocycles. The van der Waals surface area contributed by atoms with Crippen LogP contribution in [0.2, 0.25) is 0 Å². The van der Waals surface area contributed by atoms with Gasteiger partial charge in [0.15, 0.2) is 0 Å². The van der Waals surface area contributed by atoms with Crippen LogP contribution in [0.4, 0.5) is 5.69 Å². The minimum Gasteiger partial charge on any atom is -0.497 e. The third-order valence-corrected chi connectivity index (χ3v) is 5.22. The highest BCUT2D eigenvalue weighted by Crippen LogP contribution is 2.45. The molecule has 7 nitrogen and oxygen atoms in total. The zero-order chi connectivity index (χ0) is 24.0. The highest BCUT2D eigenvalue weighted by molar-refractivity contribution is 6.17. The van der Waals surface area contributed by atoms with E-state index in [-0.39, 0.29) is 30.7 Å². The van der Waals surface area contributed by atoms with Crippen LogP contribution in [0, 0.1) is 0 Å². The van der Waals surface area contributed by atoms with Crippen molar-refractivity contribution in [3.8, 4) is 5.75 Å². The van der Waals surface area contributed by atoms with Crippen molar-refractivity contribution in [2.24, 2.45) is 0 Å². The Morgan fingerprint density at radius 1 is 0.939 bits per heavy atom. The number of anilines is 1. The highest BCUT2D eigenvalue weighted by Gasteiger charge is 2.45. The number of hydrogen-bond acceptors (Lipinski definition) is 6. The number of benzene rings is 2. The molecule has 3 rings (SSSR count). The number of hydrogen-bond donors (Lipinski definition) is 0. The summed E-state index contributed by atoms with van der Waals surface area (Å²) in [6.45, 7) is 5.23. The molecule has 1 heterocycles. The molecule has 1 aliphatic rings. The maximum atomic E-state index is 13.3. The lowest BCUT2D eigenvalue weighted by Gasteiger charge is -2.44. The number of esters is 2. The van der Waals surface area contributed by atoms with Crippen LogP contribution in [0.1, 0.15) is 32.4 Å². The van der Waals surface area contributed by atoms with E-state index in [4.69, 9.17) is 14.2 Å². The first-order valence-electron chi connectivity index (χ1n) is 10.7. The molecule has 1 fully saturated rings. The van der Waals surface area contributed by atoms with E-state index in [0.717, 1.165) is 5.56 Å². The quantitative estimate of drug-likeness (QED) is 0.198. The standard InChI is InChI=1S/C26H27NO6/c1-5-32-25(29)21(26(30)33-6-2)16-17(3)22-23(18-10-8-7-9-11-18)27(24(22)28)19-12-14-20(31-4)15-13-19/h7-16,23H,5-6H2,1-4H3/b22-17-. The molecule has 1 aliphatic heterocycles. The maximum absolute atomic E-state index is 13.3. The molecule has 172 valence electrons. The first-order chi connectivity index (χ1) is 15.9. The van der Waals surface area contributed by atoms with Crippen LogP contribution < -0.4 is 9.64 Å². The smallest absolute Gasteiger partial charge is 0.345 e. The molecule has 0 spiro atoms. The van der Waals surface area contributed by atoms with Crippen molar-refractivity contribution in [1.29, 1.82) is 0 Å². The minimum atomic E-state index is -0.786. The summed E-state index contributed by atoms with van der Waals surface area (Å²) in [6, 6.07) is 16.4. The third kappa shape index (κ3) is 4.98. The Bertz CT molecular complexity index is 1070. The van der Waals surface area contributed by atoms with Gasteiger partial charge in [0.1, 0.15) is 11.3 Å². The van der Waals surface area contributed by atoms with Crippen LogP contribution in [0.3, 0.4) is 0 Å². The SMILES string of the molecule is CCOC(=O)C(=C/C(C)=C1\C(=O)N(c2ccc(OC)cc2)C1c1ccccc1)C(=O)OCC. The van der Waals surface area contributed by atoms with Crippen LogP contribution in [0.25, 0.3) is 0 Å². The molecule has 33 heavy (non-hydrogen) atoms. The van der Waals surface area contributed by atoms with Gasteiger partial charge in [0.25, 0.3) is 5.91 Å². The lowest BCUT2D eigenvalue weighted by atomic mass is 9.84. The molecular weight excluding hydrogens is 422 g/mol. The molecule has 0 aliphatic carbocycles. The number of methoxy groups -OCH3 is 1. The molecule has 1 saturated heterocycles. The fourth-order valence-electron chi connectivity index (χ4n) is 3.68. The fraction of sp³-hybridized carbons (Fsp3) is 0.269. The van der Waals surface area contributed by atoms with Crippen molar-refractivity contribution < 1.29 is 28.6 Å². The molecule has 1 unspecified atom stereocenters. The summed E-state index contributed by atoms with van der Waals surface area (Å²) in [5.74, 6) is -1.10. The van der Waals surface area contributed by atoms with Gasteiger partial charge in [-0.2, -0.15) is 0 Å². The zero-order valence-electron chi connectivity index (χ0n) is 19.2. The zero-order valence-corrected chi connectivity index (χ0v) is 19.2. The van der Waals surface area contributed by atoms with E-state index in [1.807, 2.05) is 42.5 Å². The summed E-state index contributed by atoms with van der Waals surface area (Å²) in [4.78, 5) is 39.7. The molecule has 0 radical (unpaired) electrons. The van der Waals surface area contributed by atoms with Gasteiger partial charge in [-0.15, -0.1) is 0 Å². The molecule has 0 bridgehead atoms. The number of amides is 1. The predicted octanol–water partition coefficient (Wildman–Crippen LogP) is 4.15. The van der Waals surface area contributed by atoms with E-state index in [9.17, 15) is 14.4 Å². The van der Waals surface area contributed by atoms with Crippen molar-refractivity contribution in [1.82, 2.24) is 0 Å². The monoisotopic (exact) mass is 449 g/mol. The molecule has 7 heteroatoms. The highest BCUT2D eigenvalue weighted by atomic mass is 16.6. The summed E-state index contributed by atoms with van der Waals surface area (Å²) in [5.41, 5.74) is 2.36. The Kier molecular flexibility index (Phi) is 7.66. The molecule has 0 N–H and O–H groups in total.